The third kappa shape index (κ3) is 8.76. The lowest BCUT2D eigenvalue weighted by atomic mass is 9.88. The monoisotopic (exact) mass is 673 g/mol. The number of fused-ring (bicyclic) bond motifs is 2. The molecule has 2 heterocycles. The molecule has 1 aliphatic heterocycles. The van der Waals surface area contributed by atoms with Gasteiger partial charge in [-0.2, -0.15) is 0 Å². The van der Waals surface area contributed by atoms with E-state index >= 15 is 0 Å². The van der Waals surface area contributed by atoms with Crippen LogP contribution in [0.15, 0.2) is 60.3 Å². The molecule has 0 saturated carbocycles. The van der Waals surface area contributed by atoms with Crippen molar-refractivity contribution in [3.05, 3.63) is 98.3 Å². The minimum Gasteiger partial charge on any atom is -0.492 e. The van der Waals surface area contributed by atoms with Crippen LogP contribution >= 0.6 is 60.4 Å². The highest BCUT2D eigenvalue weighted by molar-refractivity contribution is 6.32. The highest BCUT2D eigenvalue weighted by atomic mass is 35.5. The molecule has 42 heavy (non-hydrogen) atoms. The highest BCUT2D eigenvalue weighted by Crippen LogP contribution is 2.38. The van der Waals surface area contributed by atoms with Crippen molar-refractivity contribution >= 4 is 72.0 Å². The van der Waals surface area contributed by atoms with Gasteiger partial charge in [0.25, 0.3) is 0 Å². The molecule has 0 amide bonds. The first-order chi connectivity index (χ1) is 18.9. The highest BCUT2D eigenvalue weighted by Gasteiger charge is 2.25. The predicted octanol–water partition coefficient (Wildman–Crippen LogP) is 7.07. The maximum atomic E-state index is 11.0. The molecule has 1 atom stereocenters. The van der Waals surface area contributed by atoms with Gasteiger partial charge in [-0.25, -0.2) is 0 Å². The predicted molar refractivity (Wildman–Crippen MR) is 177 cm³/mol. The Morgan fingerprint density at radius 3 is 2.45 bits per heavy atom. The number of benzene rings is 2. The number of hydrogen-bond acceptors (Lipinski definition) is 5. The number of piperidine rings is 1. The topological polar surface area (TPSA) is 88.7 Å². The van der Waals surface area contributed by atoms with Crippen LogP contribution < -0.4 is 10.5 Å². The van der Waals surface area contributed by atoms with Gasteiger partial charge in [0.2, 0.25) is 0 Å². The Kier molecular flexibility index (Phi) is 14.4. The van der Waals surface area contributed by atoms with Crippen LogP contribution in [0.4, 0.5) is 0 Å². The summed E-state index contributed by atoms with van der Waals surface area (Å²) >= 11 is 12.7. The van der Waals surface area contributed by atoms with Crippen molar-refractivity contribution in [2.24, 2.45) is 5.73 Å². The molecule has 3 N–H and O–H groups in total. The number of carboxylic acids is 1. The molecule has 0 unspecified atom stereocenters. The van der Waals surface area contributed by atoms with E-state index < -0.39 is 12.0 Å². The summed E-state index contributed by atoms with van der Waals surface area (Å²) in [6.07, 6.45) is 6.99. The van der Waals surface area contributed by atoms with Crippen LogP contribution in [0.2, 0.25) is 10.0 Å². The third-order valence-electron chi connectivity index (χ3n) is 7.59. The Labute approximate surface area is 275 Å². The van der Waals surface area contributed by atoms with Gasteiger partial charge >= 0.3 is 5.97 Å². The standard InChI is InChI=1S/C31H33Cl2N3O3.3ClH/c32-24-7-8-25-23(19-24)6-5-22-3-1-12-35-30(22)29(25)21-10-14-36(15-11-21)13-2-16-39-28-9-4-20(17-26(28)33)18-27(34)31(37)38;;;/h1,3-4,7-9,12,17,19,27H,2,5-6,10-11,13-16,18,34H2,(H,37,38);3*1H/t27-;;;/m0.../s1. The Balaban J connectivity index is 0.00000205. The van der Waals surface area contributed by atoms with Gasteiger partial charge in [-0.15, -0.1) is 37.2 Å². The number of aliphatic carboxylic acids is 1. The van der Waals surface area contributed by atoms with Gasteiger partial charge in [-0.05, 0) is 91.1 Å². The number of nitrogens with two attached hydrogens (primary N) is 1. The molecular weight excluding hydrogens is 640 g/mol. The van der Waals surface area contributed by atoms with Crippen LogP contribution in [-0.2, 0) is 24.1 Å². The molecule has 3 aromatic rings. The van der Waals surface area contributed by atoms with Crippen molar-refractivity contribution < 1.29 is 14.6 Å². The van der Waals surface area contributed by atoms with Crippen LogP contribution in [0.5, 0.6) is 5.75 Å². The van der Waals surface area contributed by atoms with Crippen LogP contribution in [0.25, 0.3) is 5.57 Å². The lowest BCUT2D eigenvalue weighted by Gasteiger charge is -2.30. The van der Waals surface area contributed by atoms with Crippen LogP contribution in [0.3, 0.4) is 0 Å². The number of carbonyl (C=O) groups is 1. The smallest absolute Gasteiger partial charge is 0.320 e. The molecule has 1 saturated heterocycles. The van der Waals surface area contributed by atoms with Gasteiger partial charge < -0.3 is 20.5 Å². The van der Waals surface area contributed by atoms with E-state index in [4.69, 9.17) is 43.8 Å². The molecule has 1 aliphatic carbocycles. The minimum absolute atomic E-state index is 0. The second-order valence-corrected chi connectivity index (χ2v) is 11.1. The summed E-state index contributed by atoms with van der Waals surface area (Å²) in [5.74, 6) is -0.425. The SMILES string of the molecule is Cl.Cl.Cl.N[C@@H](Cc1ccc(OCCCN2CCC(=C3c4ccc(Cl)cc4CCc4cccnc43)CC2)c(Cl)c1)C(=O)O. The Bertz CT molecular complexity index is 1390. The summed E-state index contributed by atoms with van der Waals surface area (Å²) in [6, 6.07) is 14.9. The molecule has 0 bridgehead atoms. The van der Waals surface area contributed by atoms with Gasteiger partial charge in [0.05, 0.1) is 17.3 Å². The van der Waals surface area contributed by atoms with Crippen LogP contribution in [0.1, 0.15) is 47.2 Å². The molecule has 5 rings (SSSR count). The average Bonchev–Trinajstić information content (AvgIpc) is 3.09. The number of pyridine rings is 1. The van der Waals surface area contributed by atoms with Gasteiger partial charge in [0.15, 0.2) is 0 Å². The fourth-order valence-corrected chi connectivity index (χ4v) is 5.98. The summed E-state index contributed by atoms with van der Waals surface area (Å²) in [4.78, 5) is 18.3. The molecule has 2 aromatic carbocycles. The minimum atomic E-state index is -1.03. The summed E-state index contributed by atoms with van der Waals surface area (Å²) in [7, 11) is 0. The average molecular weight is 676 g/mol. The maximum absolute atomic E-state index is 11.0. The largest absolute Gasteiger partial charge is 0.492 e. The summed E-state index contributed by atoms with van der Waals surface area (Å²) in [5, 5.41) is 10.3. The first-order valence-electron chi connectivity index (χ1n) is 13.5. The molecule has 0 spiro atoms. The zero-order chi connectivity index (χ0) is 27.4. The number of carboxylic acid groups (broad SMARTS) is 1. The number of halogens is 5. The zero-order valence-corrected chi connectivity index (χ0v) is 27.0. The first-order valence-corrected chi connectivity index (χ1v) is 14.2. The van der Waals surface area contributed by atoms with Crippen molar-refractivity contribution in [1.82, 2.24) is 9.88 Å². The molecule has 228 valence electrons. The van der Waals surface area contributed by atoms with Crippen molar-refractivity contribution in [1.29, 1.82) is 0 Å². The fraction of sp³-hybridized carbons (Fsp3) is 0.355. The van der Waals surface area contributed by atoms with Crippen molar-refractivity contribution in [3.8, 4) is 5.75 Å². The third-order valence-corrected chi connectivity index (χ3v) is 8.12. The van der Waals surface area contributed by atoms with E-state index in [1.54, 1.807) is 12.1 Å². The van der Waals surface area contributed by atoms with E-state index in [0.29, 0.717) is 17.4 Å². The molecule has 11 heteroatoms. The van der Waals surface area contributed by atoms with E-state index in [1.165, 1.54) is 27.8 Å². The Hall–Kier alpha value is -2.03. The van der Waals surface area contributed by atoms with E-state index in [2.05, 4.69) is 23.1 Å². The van der Waals surface area contributed by atoms with Crippen LogP contribution in [0, 0.1) is 0 Å². The van der Waals surface area contributed by atoms with E-state index in [9.17, 15) is 4.79 Å². The lowest BCUT2D eigenvalue weighted by Crippen LogP contribution is -2.32. The van der Waals surface area contributed by atoms with E-state index in [1.807, 2.05) is 24.4 Å². The summed E-state index contributed by atoms with van der Waals surface area (Å²) < 4.78 is 5.92. The number of aromatic nitrogens is 1. The number of aryl methyl sites for hydroxylation is 2. The number of hydrogen-bond donors (Lipinski definition) is 2. The number of likely N-dealkylation sites (tertiary alicyclic amines) is 1. The van der Waals surface area contributed by atoms with Gasteiger partial charge in [-0.1, -0.05) is 47.0 Å². The normalized spacial score (nSPS) is 15.1. The Morgan fingerprint density at radius 1 is 1.00 bits per heavy atom. The van der Waals surface area contributed by atoms with Gasteiger partial charge in [0.1, 0.15) is 11.8 Å². The fourth-order valence-electron chi connectivity index (χ4n) is 5.53. The molecule has 1 aromatic heterocycles. The second kappa shape index (κ2) is 16.7. The first kappa shape index (κ1) is 36.2. The molecule has 0 radical (unpaired) electrons. The van der Waals surface area contributed by atoms with Crippen LogP contribution in [-0.4, -0.2) is 53.2 Å². The number of rotatable bonds is 8. The van der Waals surface area contributed by atoms with Crippen molar-refractivity contribution in [2.45, 2.75) is 44.6 Å². The zero-order valence-electron chi connectivity index (χ0n) is 23.1. The van der Waals surface area contributed by atoms with E-state index in [0.717, 1.165) is 68.0 Å². The van der Waals surface area contributed by atoms with Gasteiger partial charge in [0, 0.05) is 36.4 Å². The van der Waals surface area contributed by atoms with Gasteiger partial charge in [-0.3, -0.25) is 9.78 Å². The molecular formula is C31H36Cl5N3O3. The Morgan fingerprint density at radius 2 is 1.74 bits per heavy atom. The maximum Gasteiger partial charge on any atom is 0.320 e. The lowest BCUT2D eigenvalue weighted by molar-refractivity contribution is -0.138. The quantitative estimate of drug-likeness (QED) is 0.249. The second-order valence-electron chi connectivity index (χ2n) is 10.2. The number of ether oxygens (including phenoxy) is 1. The summed E-state index contributed by atoms with van der Waals surface area (Å²) in [6.45, 7) is 3.52. The van der Waals surface area contributed by atoms with Crippen molar-refractivity contribution in [3.63, 3.8) is 0 Å². The molecule has 2 aliphatic rings. The van der Waals surface area contributed by atoms with Crippen molar-refractivity contribution in [2.75, 3.05) is 26.2 Å². The molecule has 6 nitrogen and oxygen atoms in total. The molecule has 1 fully saturated rings. The summed E-state index contributed by atoms with van der Waals surface area (Å²) in [5.41, 5.74) is 14.2. The van der Waals surface area contributed by atoms with E-state index in [-0.39, 0.29) is 43.6 Å². The number of nitrogens with zero attached hydrogens (tertiary/aromatic N) is 2.